The fraction of sp³-hybridized carbons (Fsp3) is 0.429. The fourth-order valence-electron chi connectivity index (χ4n) is 2.37. The average molecular weight is 351 g/mol. The van der Waals surface area contributed by atoms with Crippen molar-refractivity contribution in [3.05, 3.63) is 39.1 Å². The number of nitro groups is 1. The second-order valence-corrected chi connectivity index (χ2v) is 5.42. The van der Waals surface area contributed by atoms with Crippen LogP contribution in [0.1, 0.15) is 36.3 Å². The number of nitrogens with zero attached hydrogens (tertiary/aromatic N) is 6. The molecule has 0 saturated carbocycles. The minimum absolute atomic E-state index is 0.168. The Morgan fingerprint density at radius 3 is 2.68 bits per heavy atom. The molecule has 1 amide bonds. The number of hydrogen-bond donors (Lipinski definition) is 1. The van der Waals surface area contributed by atoms with Crippen LogP contribution in [-0.4, -0.2) is 36.6 Å². The molecule has 0 aromatic carbocycles. The zero-order valence-electron chi connectivity index (χ0n) is 14.2. The number of halogens is 1. The molecule has 0 aliphatic heterocycles. The van der Waals surface area contributed by atoms with Crippen LogP contribution in [0.5, 0.6) is 0 Å². The maximum absolute atomic E-state index is 13.8. The number of aromatic nitrogens is 4. The first kappa shape index (κ1) is 18.2. The largest absolute Gasteiger partial charge is 0.390 e. The average Bonchev–Trinajstić information content (AvgIpc) is 3.03. The van der Waals surface area contributed by atoms with E-state index < -0.39 is 22.8 Å². The number of aryl methyl sites for hydroxylation is 3. The van der Waals surface area contributed by atoms with Crippen LogP contribution < -0.4 is 5.43 Å². The lowest BCUT2D eigenvalue weighted by Crippen LogP contribution is -2.30. The summed E-state index contributed by atoms with van der Waals surface area (Å²) in [6, 6.07) is 0.513. The number of rotatable bonds is 6. The molecule has 0 saturated heterocycles. The van der Waals surface area contributed by atoms with Gasteiger partial charge >= 0.3 is 5.82 Å². The van der Waals surface area contributed by atoms with Gasteiger partial charge in [0, 0.05) is 7.05 Å². The number of hydrogen-bond acceptors (Lipinski definition) is 6. The third-order valence-electron chi connectivity index (χ3n) is 3.65. The molecule has 0 radical (unpaired) electrons. The van der Waals surface area contributed by atoms with Gasteiger partial charge in [0.15, 0.2) is 6.04 Å². The third kappa shape index (κ3) is 3.70. The molecule has 0 spiro atoms. The number of hydrazone groups is 1. The van der Waals surface area contributed by atoms with Gasteiger partial charge in [0.2, 0.25) is 5.95 Å². The molecule has 2 aromatic rings. The molecular formula is C14H18FN7O3. The predicted molar refractivity (Wildman–Crippen MR) is 86.6 cm³/mol. The smallest absolute Gasteiger partial charge is 0.358 e. The maximum Gasteiger partial charge on any atom is 0.390 e. The summed E-state index contributed by atoms with van der Waals surface area (Å²) < 4.78 is 16.1. The van der Waals surface area contributed by atoms with Crippen molar-refractivity contribution in [3.63, 3.8) is 0 Å². The van der Waals surface area contributed by atoms with Crippen molar-refractivity contribution in [3.8, 4) is 0 Å². The Morgan fingerprint density at radius 2 is 2.20 bits per heavy atom. The summed E-state index contributed by atoms with van der Waals surface area (Å²) in [6.07, 6.45) is 1.52. The fourth-order valence-corrected chi connectivity index (χ4v) is 2.37. The number of carbonyl (C=O) groups is 1. The van der Waals surface area contributed by atoms with E-state index in [4.69, 9.17) is 0 Å². The second-order valence-electron chi connectivity index (χ2n) is 5.42. The van der Waals surface area contributed by atoms with Gasteiger partial charge in [-0.1, -0.05) is 6.92 Å². The van der Waals surface area contributed by atoms with E-state index in [-0.39, 0.29) is 11.4 Å². The Hall–Kier alpha value is -3.11. The molecule has 10 nitrogen and oxygen atoms in total. The Kier molecular flexibility index (Phi) is 5.25. The van der Waals surface area contributed by atoms with Crippen molar-refractivity contribution in [1.82, 2.24) is 25.0 Å². The Bertz CT molecular complexity index is 840. The SMILES string of the molecule is CC[C@H](C(=O)N/N=C\c1c(C)nn(C)c1F)n1nc([N+](=O)[O-])cc1C. The van der Waals surface area contributed by atoms with E-state index in [2.05, 4.69) is 20.7 Å². The molecule has 0 unspecified atom stereocenters. The van der Waals surface area contributed by atoms with E-state index in [9.17, 15) is 19.3 Å². The van der Waals surface area contributed by atoms with E-state index in [1.165, 1.54) is 24.0 Å². The zero-order valence-corrected chi connectivity index (χ0v) is 14.2. The summed E-state index contributed by atoms with van der Waals surface area (Å²) in [4.78, 5) is 22.5. The van der Waals surface area contributed by atoms with E-state index in [0.717, 1.165) is 4.68 Å². The van der Waals surface area contributed by atoms with Crippen LogP contribution in [0, 0.1) is 29.9 Å². The van der Waals surface area contributed by atoms with Gasteiger partial charge in [-0.3, -0.25) is 4.79 Å². The molecule has 1 atom stereocenters. The molecule has 11 heteroatoms. The standard InChI is InChI=1S/C14H18FN7O3/c1-5-11(21-8(2)6-12(19-21)22(24)25)14(23)17-16-7-10-9(3)18-20(4)13(10)15/h6-7,11H,5H2,1-4H3,(H,17,23)/b16-7-/t11-/m1/s1. The first-order valence-electron chi connectivity index (χ1n) is 7.48. The second kappa shape index (κ2) is 7.20. The van der Waals surface area contributed by atoms with Gasteiger partial charge in [-0.05, 0) is 25.2 Å². The molecule has 0 aliphatic rings. The lowest BCUT2D eigenvalue weighted by molar-refractivity contribution is -0.389. The van der Waals surface area contributed by atoms with Gasteiger partial charge in [-0.2, -0.15) is 19.3 Å². The van der Waals surface area contributed by atoms with Crippen molar-refractivity contribution in [2.24, 2.45) is 12.1 Å². The highest BCUT2D eigenvalue weighted by Gasteiger charge is 2.26. The highest BCUT2D eigenvalue weighted by atomic mass is 19.1. The Balaban J connectivity index is 2.15. The summed E-state index contributed by atoms with van der Waals surface area (Å²) in [5.74, 6) is -1.41. The van der Waals surface area contributed by atoms with Crippen molar-refractivity contribution < 1.29 is 14.1 Å². The molecule has 0 aliphatic carbocycles. The van der Waals surface area contributed by atoms with Gasteiger partial charge in [0.1, 0.15) is 0 Å². The van der Waals surface area contributed by atoms with Crippen LogP contribution in [0.3, 0.4) is 0 Å². The molecule has 25 heavy (non-hydrogen) atoms. The van der Waals surface area contributed by atoms with Crippen molar-refractivity contribution in [2.45, 2.75) is 33.2 Å². The Morgan fingerprint density at radius 1 is 1.52 bits per heavy atom. The van der Waals surface area contributed by atoms with Crippen LogP contribution in [0.15, 0.2) is 11.2 Å². The molecule has 2 aromatic heterocycles. The van der Waals surface area contributed by atoms with Crippen LogP contribution in [-0.2, 0) is 11.8 Å². The van der Waals surface area contributed by atoms with Crippen LogP contribution in [0.4, 0.5) is 10.2 Å². The summed E-state index contributed by atoms with van der Waals surface area (Å²) >= 11 is 0. The minimum Gasteiger partial charge on any atom is -0.358 e. The molecule has 0 fully saturated rings. The van der Waals surface area contributed by atoms with Crippen molar-refractivity contribution in [1.29, 1.82) is 0 Å². The monoisotopic (exact) mass is 351 g/mol. The minimum atomic E-state index is -0.773. The van der Waals surface area contributed by atoms with E-state index in [1.54, 1.807) is 20.8 Å². The molecule has 0 bridgehead atoms. The maximum atomic E-state index is 13.8. The molecule has 134 valence electrons. The van der Waals surface area contributed by atoms with Crippen molar-refractivity contribution >= 4 is 17.9 Å². The van der Waals surface area contributed by atoms with E-state index in [0.29, 0.717) is 17.8 Å². The van der Waals surface area contributed by atoms with Gasteiger partial charge in [-0.15, -0.1) is 0 Å². The van der Waals surface area contributed by atoms with Gasteiger partial charge in [0.05, 0.1) is 34.3 Å². The predicted octanol–water partition coefficient (Wildman–Crippen LogP) is 1.38. The summed E-state index contributed by atoms with van der Waals surface area (Å²) in [5, 5.41) is 22.3. The topological polar surface area (TPSA) is 120 Å². The number of amides is 1. The zero-order chi connectivity index (χ0) is 18.7. The molecule has 2 heterocycles. The first-order valence-corrected chi connectivity index (χ1v) is 7.48. The van der Waals surface area contributed by atoms with Crippen LogP contribution >= 0.6 is 0 Å². The van der Waals surface area contributed by atoms with E-state index in [1.807, 2.05) is 0 Å². The van der Waals surface area contributed by atoms with Crippen molar-refractivity contribution in [2.75, 3.05) is 0 Å². The third-order valence-corrected chi connectivity index (χ3v) is 3.65. The normalized spacial score (nSPS) is 12.5. The molecule has 1 N–H and O–H groups in total. The highest BCUT2D eigenvalue weighted by Crippen LogP contribution is 2.18. The van der Waals surface area contributed by atoms with Crippen LogP contribution in [0.2, 0.25) is 0 Å². The van der Waals surface area contributed by atoms with Crippen LogP contribution in [0.25, 0.3) is 0 Å². The van der Waals surface area contributed by atoms with E-state index >= 15 is 0 Å². The number of nitrogens with one attached hydrogen (secondary N) is 1. The Labute approximate surface area is 142 Å². The summed E-state index contributed by atoms with van der Waals surface area (Å²) in [7, 11) is 1.46. The summed E-state index contributed by atoms with van der Waals surface area (Å²) in [6.45, 7) is 4.98. The highest BCUT2D eigenvalue weighted by molar-refractivity contribution is 5.84. The lowest BCUT2D eigenvalue weighted by atomic mass is 10.2. The lowest BCUT2D eigenvalue weighted by Gasteiger charge is -2.11. The molecular weight excluding hydrogens is 333 g/mol. The summed E-state index contributed by atoms with van der Waals surface area (Å²) in [5.41, 5.74) is 3.39. The number of carbonyl (C=O) groups excluding carboxylic acids is 1. The van der Waals surface area contributed by atoms with Gasteiger partial charge in [0.25, 0.3) is 5.91 Å². The quantitative estimate of drug-likeness (QED) is 0.479. The molecule has 2 rings (SSSR count). The van der Waals surface area contributed by atoms with Gasteiger partial charge in [-0.25, -0.2) is 10.1 Å². The first-order chi connectivity index (χ1) is 11.8. The van der Waals surface area contributed by atoms with Gasteiger partial charge < -0.3 is 10.1 Å².